The topological polar surface area (TPSA) is 0 Å². The first-order valence-electron chi connectivity index (χ1n) is 2.55. The second kappa shape index (κ2) is 1.25. The number of allylic oxidation sites excluding steroid dienone is 2. The van der Waals surface area contributed by atoms with Crippen molar-refractivity contribution in [3.05, 3.63) is 12.1 Å². The Morgan fingerprint density at radius 1 is 1.60 bits per heavy atom. The number of hydrogen-bond donors (Lipinski definition) is 0. The van der Waals surface area contributed by atoms with Crippen LogP contribution in [0.25, 0.3) is 0 Å². The minimum absolute atomic E-state index is 0.829. The molecule has 28 valence electrons. The first kappa shape index (κ1) is 2.01. The Bertz CT molecular complexity index is 74.0. The Hall–Kier alpha value is -0.260. The van der Waals surface area contributed by atoms with Gasteiger partial charge in [0.1, 0.15) is 0 Å². The van der Waals surface area contributed by atoms with E-state index in [9.17, 15) is 0 Å². The first-order valence-corrected chi connectivity index (χ1v) is 2.05. The number of rotatable bonds is 0. The molecule has 1 aliphatic carbocycles. The molecule has 0 heterocycles. The highest BCUT2D eigenvalue weighted by atomic mass is 13.9. The lowest BCUT2D eigenvalue weighted by atomic mass is 10.4. The summed E-state index contributed by atoms with van der Waals surface area (Å²) in [6, 6.07) is 0.829. The van der Waals surface area contributed by atoms with E-state index in [1.54, 1.807) is 0 Å². The average Bonchev–Trinajstić information content (AvgIpc) is 1.86. The fourth-order valence-electron chi connectivity index (χ4n) is 0.510. The molecule has 0 saturated heterocycles. The lowest BCUT2D eigenvalue weighted by Gasteiger charge is -1.69. The van der Waals surface area contributed by atoms with Gasteiger partial charge in [0.05, 0.1) is 1.37 Å². The van der Waals surface area contributed by atoms with E-state index in [0.717, 1.165) is 18.9 Å². The van der Waals surface area contributed by atoms with Crippen molar-refractivity contribution >= 4 is 0 Å². The van der Waals surface area contributed by atoms with E-state index in [0.29, 0.717) is 0 Å². The molecule has 5 heavy (non-hydrogen) atoms. The minimum atomic E-state index is 0.829. The maximum atomic E-state index is 6.99. The van der Waals surface area contributed by atoms with Crippen LogP contribution in [0.1, 0.15) is 20.6 Å². The monoisotopic (exact) mass is 69.1 g/mol. The van der Waals surface area contributed by atoms with Gasteiger partial charge in [-0.3, -0.25) is 0 Å². The molecular weight excluding hydrogens is 60.1 g/mol. The molecule has 0 N–H and O–H groups in total. The zero-order chi connectivity index (χ0) is 4.41. The van der Waals surface area contributed by atoms with Crippen LogP contribution >= 0.6 is 0 Å². The van der Waals surface area contributed by atoms with Crippen molar-refractivity contribution < 1.29 is 1.37 Å². The van der Waals surface area contributed by atoms with Gasteiger partial charge in [-0.15, -0.1) is 0 Å². The van der Waals surface area contributed by atoms with Crippen molar-refractivity contribution in [2.45, 2.75) is 19.3 Å². The van der Waals surface area contributed by atoms with Crippen LogP contribution in [0.5, 0.6) is 0 Å². The maximum absolute atomic E-state index is 6.99. The third kappa shape index (κ3) is 0.504. The summed E-state index contributed by atoms with van der Waals surface area (Å²) < 4.78 is 6.99. The molecular formula is C5H8. The van der Waals surface area contributed by atoms with E-state index >= 15 is 0 Å². The predicted octanol–water partition coefficient (Wildman–Crippen LogP) is 1.73. The summed E-state index contributed by atoms with van der Waals surface area (Å²) in [4.78, 5) is 0. The van der Waals surface area contributed by atoms with E-state index in [1.807, 2.05) is 6.08 Å². The van der Waals surface area contributed by atoms with Crippen LogP contribution in [0.2, 0.25) is 0 Å². The van der Waals surface area contributed by atoms with Gasteiger partial charge in [0, 0.05) is 0 Å². The molecule has 0 nitrogen and oxygen atoms in total. The molecule has 0 aliphatic heterocycles. The Balaban J connectivity index is 2.45. The lowest BCUT2D eigenvalue weighted by Crippen LogP contribution is -1.50. The zero-order valence-electron chi connectivity index (χ0n) is 4.20. The highest BCUT2D eigenvalue weighted by molar-refractivity contribution is 4.88. The van der Waals surface area contributed by atoms with Crippen LogP contribution in [0.4, 0.5) is 0 Å². The van der Waals surface area contributed by atoms with Gasteiger partial charge in [-0.1, -0.05) is 12.1 Å². The van der Waals surface area contributed by atoms with Gasteiger partial charge in [0.2, 0.25) is 0 Å². The van der Waals surface area contributed by atoms with E-state index in [-0.39, 0.29) is 0 Å². The van der Waals surface area contributed by atoms with Crippen LogP contribution < -0.4 is 0 Å². The fourth-order valence-corrected chi connectivity index (χ4v) is 0.510. The van der Waals surface area contributed by atoms with E-state index in [2.05, 4.69) is 0 Å². The Morgan fingerprint density at radius 3 is 2.80 bits per heavy atom. The Morgan fingerprint density at radius 2 is 2.60 bits per heavy atom. The molecule has 0 aromatic carbocycles. The molecule has 0 heteroatoms. The molecule has 0 saturated carbocycles. The third-order valence-electron chi connectivity index (χ3n) is 0.814. The molecule has 0 amide bonds. The smallest absolute Gasteiger partial charge is 0.0572 e. The van der Waals surface area contributed by atoms with Crippen molar-refractivity contribution in [3.8, 4) is 0 Å². The van der Waals surface area contributed by atoms with Gasteiger partial charge in [-0.05, 0) is 19.3 Å². The van der Waals surface area contributed by atoms with Crippen molar-refractivity contribution in [1.82, 2.24) is 0 Å². The van der Waals surface area contributed by atoms with Crippen molar-refractivity contribution in [3.63, 3.8) is 0 Å². The molecule has 1 rings (SSSR count). The van der Waals surface area contributed by atoms with Gasteiger partial charge < -0.3 is 0 Å². The van der Waals surface area contributed by atoms with E-state index in [1.165, 1.54) is 6.42 Å². The predicted molar refractivity (Wildman–Crippen MR) is 23.0 cm³/mol. The molecule has 0 aromatic rings. The summed E-state index contributed by atoms with van der Waals surface area (Å²) in [7, 11) is 0. The van der Waals surface area contributed by atoms with Crippen LogP contribution in [0, 0.1) is 0 Å². The molecule has 0 aromatic heterocycles. The molecule has 0 spiro atoms. The molecule has 0 atom stereocenters. The quantitative estimate of drug-likeness (QED) is 0.380. The van der Waals surface area contributed by atoms with Gasteiger partial charge in [0.15, 0.2) is 0 Å². The second-order valence-corrected chi connectivity index (χ2v) is 1.30. The summed E-state index contributed by atoms with van der Waals surface area (Å²) >= 11 is 0. The highest BCUT2D eigenvalue weighted by Crippen LogP contribution is 2.05. The van der Waals surface area contributed by atoms with Gasteiger partial charge in [-0.25, -0.2) is 0 Å². The fraction of sp³-hybridized carbons (Fsp3) is 0.600. The first-order chi connectivity index (χ1) is 2.89. The van der Waals surface area contributed by atoms with Crippen molar-refractivity contribution in [2.75, 3.05) is 0 Å². The SMILES string of the molecule is [2H]C1=CCCC1. The Labute approximate surface area is 33.9 Å². The summed E-state index contributed by atoms with van der Waals surface area (Å²) in [6.07, 6.45) is 5.34. The van der Waals surface area contributed by atoms with E-state index in [4.69, 9.17) is 1.37 Å². The molecule has 0 unspecified atom stereocenters. The van der Waals surface area contributed by atoms with Crippen molar-refractivity contribution in [1.29, 1.82) is 0 Å². The summed E-state index contributed by atoms with van der Waals surface area (Å²) in [5, 5.41) is 0. The highest BCUT2D eigenvalue weighted by Gasteiger charge is 1.84. The molecule has 1 aliphatic rings. The maximum Gasteiger partial charge on any atom is 0.0572 e. The standard InChI is InChI=1S/C5H8/c1-2-4-5-3-1/h1-2H,3-5H2/i1D. The van der Waals surface area contributed by atoms with Crippen LogP contribution in [-0.2, 0) is 0 Å². The van der Waals surface area contributed by atoms with Crippen LogP contribution in [-0.4, -0.2) is 0 Å². The molecule has 0 radical (unpaired) electrons. The van der Waals surface area contributed by atoms with Crippen molar-refractivity contribution in [2.24, 2.45) is 0 Å². The van der Waals surface area contributed by atoms with Gasteiger partial charge in [-0.2, -0.15) is 0 Å². The number of hydrogen-bond acceptors (Lipinski definition) is 0. The zero-order valence-corrected chi connectivity index (χ0v) is 3.20. The van der Waals surface area contributed by atoms with E-state index < -0.39 is 0 Å². The summed E-state index contributed by atoms with van der Waals surface area (Å²) in [5.74, 6) is 0. The minimum Gasteiger partial charge on any atom is -0.0885 e. The van der Waals surface area contributed by atoms with Crippen LogP contribution in [0.3, 0.4) is 0 Å². The Kier molecular flexibility index (Phi) is 0.503. The average molecular weight is 69.1 g/mol. The second-order valence-electron chi connectivity index (χ2n) is 1.30. The van der Waals surface area contributed by atoms with Crippen LogP contribution in [0.15, 0.2) is 12.1 Å². The summed E-state index contributed by atoms with van der Waals surface area (Å²) in [5.41, 5.74) is 0. The molecule has 0 bridgehead atoms. The molecule has 0 fully saturated rings. The third-order valence-corrected chi connectivity index (χ3v) is 0.814. The van der Waals surface area contributed by atoms with Gasteiger partial charge >= 0.3 is 0 Å². The van der Waals surface area contributed by atoms with Gasteiger partial charge in [0.25, 0.3) is 0 Å². The largest absolute Gasteiger partial charge is 0.0885 e. The normalized spacial score (nSPS) is 25.6. The lowest BCUT2D eigenvalue weighted by molar-refractivity contribution is 0.929. The summed E-state index contributed by atoms with van der Waals surface area (Å²) in [6.45, 7) is 0.